The molecule has 0 unspecified atom stereocenters. The van der Waals surface area contributed by atoms with E-state index in [1.807, 2.05) is 12.1 Å². The minimum absolute atomic E-state index is 0.105. The summed E-state index contributed by atoms with van der Waals surface area (Å²) in [6.07, 6.45) is 4.89. The topological polar surface area (TPSA) is 58.6 Å². The molecule has 1 aliphatic carbocycles. The standard InChI is InChI=1S/C26H32N2O3/c1-19-6-8-20(9-7-19)18-28-17-5-4-14-25(28,2)24(30)27-26(15-16-26)22-12-10-21(11-13-22)23(29)31-3/h6-13H,4-5,14-18H2,1-3H3,(H,27,30)/t25-/m1/s1. The molecule has 0 spiro atoms. The molecule has 164 valence electrons. The number of amides is 1. The second kappa shape index (κ2) is 8.46. The van der Waals surface area contributed by atoms with Crippen LogP contribution in [0.15, 0.2) is 48.5 Å². The SMILES string of the molecule is COC(=O)c1ccc(C2(NC(=O)[C@@]3(C)CCCCN3Cc3ccc(C)cc3)CC2)cc1. The number of ether oxygens (including phenoxy) is 1. The first-order valence-electron chi connectivity index (χ1n) is 11.2. The molecule has 1 amide bonds. The van der Waals surface area contributed by atoms with E-state index in [1.54, 1.807) is 12.1 Å². The van der Waals surface area contributed by atoms with Gasteiger partial charge >= 0.3 is 5.97 Å². The molecule has 1 saturated carbocycles. The van der Waals surface area contributed by atoms with Gasteiger partial charge in [-0.25, -0.2) is 4.79 Å². The van der Waals surface area contributed by atoms with Crippen LogP contribution in [0.4, 0.5) is 0 Å². The quantitative estimate of drug-likeness (QED) is 0.707. The van der Waals surface area contributed by atoms with Crippen molar-refractivity contribution in [1.82, 2.24) is 10.2 Å². The Morgan fingerprint density at radius 1 is 1.00 bits per heavy atom. The summed E-state index contributed by atoms with van der Waals surface area (Å²) in [5.41, 5.74) is 3.23. The monoisotopic (exact) mass is 420 g/mol. The Morgan fingerprint density at radius 3 is 2.29 bits per heavy atom. The van der Waals surface area contributed by atoms with Gasteiger partial charge in [0.15, 0.2) is 0 Å². The molecule has 4 rings (SSSR count). The predicted molar refractivity (Wildman–Crippen MR) is 121 cm³/mol. The van der Waals surface area contributed by atoms with E-state index in [0.29, 0.717) is 5.56 Å². The largest absolute Gasteiger partial charge is 0.465 e. The maximum atomic E-state index is 13.6. The van der Waals surface area contributed by atoms with Crippen molar-refractivity contribution >= 4 is 11.9 Å². The molecule has 1 N–H and O–H groups in total. The van der Waals surface area contributed by atoms with Crippen molar-refractivity contribution in [3.8, 4) is 0 Å². The van der Waals surface area contributed by atoms with E-state index in [0.717, 1.165) is 50.8 Å². The van der Waals surface area contributed by atoms with Crippen LogP contribution in [0.5, 0.6) is 0 Å². The Hall–Kier alpha value is -2.66. The molecule has 2 aliphatic rings. The van der Waals surface area contributed by atoms with E-state index in [1.165, 1.54) is 18.2 Å². The Balaban J connectivity index is 1.50. The number of hydrogen-bond acceptors (Lipinski definition) is 4. The molecule has 2 aromatic rings. The van der Waals surface area contributed by atoms with Crippen molar-refractivity contribution in [2.45, 2.75) is 63.6 Å². The molecule has 1 heterocycles. The van der Waals surface area contributed by atoms with Gasteiger partial charge in [-0.1, -0.05) is 42.0 Å². The van der Waals surface area contributed by atoms with Crippen molar-refractivity contribution < 1.29 is 14.3 Å². The fraction of sp³-hybridized carbons (Fsp3) is 0.462. The maximum Gasteiger partial charge on any atom is 0.337 e. The van der Waals surface area contributed by atoms with E-state index in [2.05, 4.69) is 48.3 Å². The number of rotatable bonds is 6. The minimum atomic E-state index is -0.523. The zero-order valence-corrected chi connectivity index (χ0v) is 18.7. The summed E-state index contributed by atoms with van der Waals surface area (Å²) in [4.78, 5) is 27.7. The van der Waals surface area contributed by atoms with Gasteiger partial charge in [-0.3, -0.25) is 9.69 Å². The van der Waals surface area contributed by atoms with E-state index in [-0.39, 0.29) is 17.4 Å². The number of nitrogens with one attached hydrogen (secondary N) is 1. The highest BCUT2D eigenvalue weighted by atomic mass is 16.5. The van der Waals surface area contributed by atoms with Gasteiger partial charge in [-0.05, 0) is 75.8 Å². The molecule has 0 radical (unpaired) electrons. The molecule has 5 nitrogen and oxygen atoms in total. The van der Waals surface area contributed by atoms with E-state index in [9.17, 15) is 9.59 Å². The fourth-order valence-electron chi connectivity index (χ4n) is 4.61. The van der Waals surface area contributed by atoms with E-state index >= 15 is 0 Å². The molecule has 1 saturated heterocycles. The first kappa shape index (κ1) is 21.6. The van der Waals surface area contributed by atoms with Crippen LogP contribution in [0.25, 0.3) is 0 Å². The van der Waals surface area contributed by atoms with Crippen LogP contribution >= 0.6 is 0 Å². The highest BCUT2D eigenvalue weighted by Crippen LogP contribution is 2.46. The molecule has 1 aliphatic heterocycles. The predicted octanol–water partition coefficient (Wildman–Crippen LogP) is 4.33. The summed E-state index contributed by atoms with van der Waals surface area (Å²) in [6, 6.07) is 16.0. The van der Waals surface area contributed by atoms with Crippen LogP contribution in [0.2, 0.25) is 0 Å². The van der Waals surface area contributed by atoms with Crippen molar-refractivity contribution in [3.63, 3.8) is 0 Å². The van der Waals surface area contributed by atoms with Gasteiger partial charge in [-0.2, -0.15) is 0 Å². The molecule has 31 heavy (non-hydrogen) atoms. The Bertz CT molecular complexity index is 948. The number of piperidine rings is 1. The van der Waals surface area contributed by atoms with Gasteiger partial charge in [0.1, 0.15) is 0 Å². The van der Waals surface area contributed by atoms with Crippen LogP contribution in [-0.2, 0) is 21.6 Å². The normalized spacial score (nSPS) is 22.5. The van der Waals surface area contributed by atoms with Crippen LogP contribution in [0.1, 0.15) is 66.1 Å². The third kappa shape index (κ3) is 4.38. The molecular formula is C26H32N2O3. The molecule has 0 aromatic heterocycles. The number of esters is 1. The van der Waals surface area contributed by atoms with E-state index in [4.69, 9.17) is 4.74 Å². The number of hydrogen-bond donors (Lipinski definition) is 1. The van der Waals surface area contributed by atoms with Crippen molar-refractivity contribution in [2.24, 2.45) is 0 Å². The Labute approximate surface area is 184 Å². The maximum absolute atomic E-state index is 13.6. The molecule has 1 atom stereocenters. The zero-order chi connectivity index (χ0) is 22.1. The lowest BCUT2D eigenvalue weighted by Gasteiger charge is -2.44. The average Bonchev–Trinajstić information content (AvgIpc) is 3.57. The number of aryl methyl sites for hydroxylation is 1. The van der Waals surface area contributed by atoms with Gasteiger partial charge in [0.25, 0.3) is 0 Å². The van der Waals surface area contributed by atoms with Crippen molar-refractivity contribution in [2.75, 3.05) is 13.7 Å². The first-order valence-corrected chi connectivity index (χ1v) is 11.2. The smallest absolute Gasteiger partial charge is 0.337 e. The van der Waals surface area contributed by atoms with Gasteiger partial charge < -0.3 is 10.1 Å². The lowest BCUT2D eigenvalue weighted by atomic mass is 9.86. The number of methoxy groups -OCH3 is 1. The summed E-state index contributed by atoms with van der Waals surface area (Å²) in [5.74, 6) is -0.240. The Kier molecular flexibility index (Phi) is 5.89. The third-order valence-electron chi connectivity index (χ3n) is 6.98. The molecular weight excluding hydrogens is 388 g/mol. The molecule has 2 aromatic carbocycles. The second-order valence-electron chi connectivity index (χ2n) is 9.24. The first-order chi connectivity index (χ1) is 14.9. The van der Waals surface area contributed by atoms with Crippen LogP contribution in [0.3, 0.4) is 0 Å². The summed E-state index contributed by atoms with van der Waals surface area (Å²) in [7, 11) is 1.38. The van der Waals surface area contributed by atoms with Gasteiger partial charge in [-0.15, -0.1) is 0 Å². The lowest BCUT2D eigenvalue weighted by molar-refractivity contribution is -0.136. The minimum Gasteiger partial charge on any atom is -0.465 e. The zero-order valence-electron chi connectivity index (χ0n) is 18.7. The molecule has 2 fully saturated rings. The molecule has 0 bridgehead atoms. The summed E-state index contributed by atoms with van der Waals surface area (Å²) in [6.45, 7) is 5.89. The van der Waals surface area contributed by atoms with Crippen molar-refractivity contribution in [1.29, 1.82) is 0 Å². The number of carbonyl (C=O) groups is 2. The third-order valence-corrected chi connectivity index (χ3v) is 6.98. The number of likely N-dealkylation sites (tertiary alicyclic amines) is 1. The number of carbonyl (C=O) groups excluding carboxylic acids is 2. The fourth-order valence-corrected chi connectivity index (χ4v) is 4.61. The molecule has 5 heteroatoms. The second-order valence-corrected chi connectivity index (χ2v) is 9.24. The summed E-state index contributed by atoms with van der Waals surface area (Å²) >= 11 is 0. The summed E-state index contributed by atoms with van der Waals surface area (Å²) < 4.78 is 4.79. The number of benzene rings is 2. The number of nitrogens with zero attached hydrogens (tertiary/aromatic N) is 1. The van der Waals surface area contributed by atoms with E-state index < -0.39 is 5.54 Å². The van der Waals surface area contributed by atoms with Gasteiger partial charge in [0, 0.05) is 6.54 Å². The van der Waals surface area contributed by atoms with Crippen molar-refractivity contribution in [3.05, 3.63) is 70.8 Å². The van der Waals surface area contributed by atoms with Gasteiger partial charge in [0.05, 0.1) is 23.8 Å². The van der Waals surface area contributed by atoms with Crippen LogP contribution in [0, 0.1) is 6.92 Å². The Morgan fingerprint density at radius 2 is 1.68 bits per heavy atom. The van der Waals surface area contributed by atoms with Gasteiger partial charge in [0.2, 0.25) is 5.91 Å². The lowest BCUT2D eigenvalue weighted by Crippen LogP contribution is -2.60. The highest BCUT2D eigenvalue weighted by Gasteiger charge is 2.50. The summed E-state index contributed by atoms with van der Waals surface area (Å²) in [5, 5.41) is 3.38. The highest BCUT2D eigenvalue weighted by molar-refractivity contribution is 5.89. The van der Waals surface area contributed by atoms with Crippen LogP contribution < -0.4 is 5.32 Å². The van der Waals surface area contributed by atoms with Crippen LogP contribution in [-0.4, -0.2) is 36.0 Å². The average molecular weight is 421 g/mol.